The molecule has 2 aromatic heterocycles. The lowest BCUT2D eigenvalue weighted by Crippen LogP contribution is -2.23. The SMILES string of the molecule is Cc1cnc(C(=O)NCc2coc3ccccc23)cn1. The molecule has 0 unspecified atom stereocenters. The number of carbonyl (C=O) groups is 1. The zero-order chi connectivity index (χ0) is 13.9. The molecule has 20 heavy (non-hydrogen) atoms. The summed E-state index contributed by atoms with van der Waals surface area (Å²) in [5, 5.41) is 3.81. The van der Waals surface area contributed by atoms with Gasteiger partial charge in [0.1, 0.15) is 11.3 Å². The van der Waals surface area contributed by atoms with Crippen molar-refractivity contribution in [1.29, 1.82) is 0 Å². The van der Waals surface area contributed by atoms with Crippen molar-refractivity contribution in [3.05, 3.63) is 59.9 Å². The maximum absolute atomic E-state index is 11.9. The zero-order valence-electron chi connectivity index (χ0n) is 11.0. The number of benzene rings is 1. The Kier molecular flexibility index (Phi) is 3.16. The lowest BCUT2D eigenvalue weighted by Gasteiger charge is -2.03. The minimum Gasteiger partial charge on any atom is -0.464 e. The summed E-state index contributed by atoms with van der Waals surface area (Å²) in [6.45, 7) is 2.22. The molecule has 0 spiro atoms. The maximum Gasteiger partial charge on any atom is 0.271 e. The van der Waals surface area contributed by atoms with E-state index in [0.29, 0.717) is 12.2 Å². The first-order valence-corrected chi connectivity index (χ1v) is 6.26. The first-order chi connectivity index (χ1) is 9.74. The van der Waals surface area contributed by atoms with E-state index in [0.717, 1.165) is 22.2 Å². The van der Waals surface area contributed by atoms with Crippen LogP contribution < -0.4 is 5.32 Å². The maximum atomic E-state index is 11.9. The molecule has 0 fully saturated rings. The van der Waals surface area contributed by atoms with Crippen molar-refractivity contribution in [2.45, 2.75) is 13.5 Å². The van der Waals surface area contributed by atoms with Gasteiger partial charge in [-0.05, 0) is 13.0 Å². The number of amides is 1. The number of fused-ring (bicyclic) bond motifs is 1. The van der Waals surface area contributed by atoms with Crippen molar-refractivity contribution < 1.29 is 9.21 Å². The second kappa shape index (κ2) is 5.13. The number of aromatic nitrogens is 2. The van der Waals surface area contributed by atoms with Crippen molar-refractivity contribution in [3.8, 4) is 0 Å². The molecule has 3 aromatic rings. The van der Waals surface area contributed by atoms with E-state index in [2.05, 4.69) is 15.3 Å². The Balaban J connectivity index is 1.73. The fraction of sp³-hybridized carbons (Fsp3) is 0.133. The molecule has 100 valence electrons. The summed E-state index contributed by atoms with van der Waals surface area (Å²) in [6.07, 6.45) is 4.70. The summed E-state index contributed by atoms with van der Waals surface area (Å²) in [4.78, 5) is 20.0. The van der Waals surface area contributed by atoms with Gasteiger partial charge >= 0.3 is 0 Å². The molecule has 0 radical (unpaired) electrons. The molecule has 0 aliphatic heterocycles. The van der Waals surface area contributed by atoms with Crippen LogP contribution in [0.25, 0.3) is 11.0 Å². The zero-order valence-corrected chi connectivity index (χ0v) is 11.0. The topological polar surface area (TPSA) is 68.0 Å². The summed E-state index contributed by atoms with van der Waals surface area (Å²) in [7, 11) is 0. The number of para-hydroxylation sites is 1. The van der Waals surface area contributed by atoms with Crippen LogP contribution in [0.5, 0.6) is 0 Å². The van der Waals surface area contributed by atoms with Crippen molar-refractivity contribution >= 4 is 16.9 Å². The Bertz CT molecular complexity index is 747. The highest BCUT2D eigenvalue weighted by Crippen LogP contribution is 2.20. The number of hydrogen-bond donors (Lipinski definition) is 1. The number of rotatable bonds is 3. The fourth-order valence-corrected chi connectivity index (χ4v) is 1.95. The van der Waals surface area contributed by atoms with Crippen LogP contribution in [-0.4, -0.2) is 15.9 Å². The predicted octanol–water partition coefficient (Wildman–Crippen LogP) is 2.46. The van der Waals surface area contributed by atoms with Gasteiger partial charge in [-0.15, -0.1) is 0 Å². The van der Waals surface area contributed by atoms with E-state index < -0.39 is 0 Å². The normalized spacial score (nSPS) is 10.7. The standard InChI is InChI=1S/C15H13N3O2/c1-10-6-17-13(8-16-10)15(19)18-7-11-9-20-14-5-3-2-4-12(11)14/h2-6,8-9H,7H2,1H3,(H,18,19). The first kappa shape index (κ1) is 12.3. The van der Waals surface area contributed by atoms with E-state index in [1.165, 1.54) is 6.20 Å². The minimum absolute atomic E-state index is 0.247. The Hall–Kier alpha value is -2.69. The van der Waals surface area contributed by atoms with E-state index in [-0.39, 0.29) is 5.91 Å². The Morgan fingerprint density at radius 2 is 2.10 bits per heavy atom. The van der Waals surface area contributed by atoms with Crippen molar-refractivity contribution in [3.63, 3.8) is 0 Å². The van der Waals surface area contributed by atoms with Crippen molar-refractivity contribution in [2.24, 2.45) is 0 Å². The lowest BCUT2D eigenvalue weighted by molar-refractivity contribution is 0.0945. The number of hydrogen-bond acceptors (Lipinski definition) is 4. The van der Waals surface area contributed by atoms with Gasteiger partial charge in [-0.3, -0.25) is 9.78 Å². The summed E-state index contributed by atoms with van der Waals surface area (Å²) in [5.74, 6) is -0.247. The molecule has 0 saturated carbocycles. The second-order valence-corrected chi connectivity index (χ2v) is 4.48. The van der Waals surface area contributed by atoms with Gasteiger partial charge in [0.25, 0.3) is 5.91 Å². The third-order valence-electron chi connectivity index (χ3n) is 3.01. The van der Waals surface area contributed by atoms with Crippen LogP contribution in [0.1, 0.15) is 21.7 Å². The third-order valence-corrected chi connectivity index (χ3v) is 3.01. The van der Waals surface area contributed by atoms with Crippen LogP contribution in [0.4, 0.5) is 0 Å². The molecule has 0 atom stereocenters. The first-order valence-electron chi connectivity index (χ1n) is 6.26. The summed E-state index contributed by atoms with van der Waals surface area (Å²) >= 11 is 0. The Morgan fingerprint density at radius 3 is 2.90 bits per heavy atom. The molecule has 1 aromatic carbocycles. The van der Waals surface area contributed by atoms with Crippen molar-refractivity contribution in [1.82, 2.24) is 15.3 Å². The highest BCUT2D eigenvalue weighted by atomic mass is 16.3. The molecule has 0 bridgehead atoms. The highest BCUT2D eigenvalue weighted by molar-refractivity contribution is 5.92. The van der Waals surface area contributed by atoms with E-state index in [1.54, 1.807) is 12.5 Å². The number of nitrogens with zero attached hydrogens (tertiary/aromatic N) is 2. The average Bonchev–Trinajstić information content (AvgIpc) is 2.89. The molecule has 1 N–H and O–H groups in total. The van der Waals surface area contributed by atoms with Gasteiger partial charge in [-0.25, -0.2) is 4.98 Å². The van der Waals surface area contributed by atoms with E-state index in [4.69, 9.17) is 4.42 Å². The largest absolute Gasteiger partial charge is 0.464 e. The number of aryl methyl sites for hydroxylation is 1. The summed E-state index contributed by atoms with van der Waals surface area (Å²) < 4.78 is 5.42. The van der Waals surface area contributed by atoms with Crippen molar-refractivity contribution in [2.75, 3.05) is 0 Å². The van der Waals surface area contributed by atoms with Gasteiger partial charge in [0.15, 0.2) is 0 Å². The quantitative estimate of drug-likeness (QED) is 0.791. The van der Waals surface area contributed by atoms with E-state index in [9.17, 15) is 4.79 Å². The number of nitrogens with one attached hydrogen (secondary N) is 1. The van der Waals surface area contributed by atoms with Crippen LogP contribution in [-0.2, 0) is 6.54 Å². The van der Waals surface area contributed by atoms with Gasteiger partial charge in [0.2, 0.25) is 0 Å². The number of carbonyl (C=O) groups excluding carboxylic acids is 1. The van der Waals surface area contributed by atoms with Crippen LogP contribution in [0, 0.1) is 6.92 Å². The third kappa shape index (κ3) is 2.38. The van der Waals surface area contributed by atoms with E-state index >= 15 is 0 Å². The molecular formula is C15H13N3O2. The van der Waals surface area contributed by atoms with Gasteiger partial charge in [-0.2, -0.15) is 0 Å². The van der Waals surface area contributed by atoms with Gasteiger partial charge in [-0.1, -0.05) is 18.2 Å². The average molecular weight is 267 g/mol. The Labute approximate surface area is 115 Å². The van der Waals surface area contributed by atoms with Crippen LogP contribution in [0.2, 0.25) is 0 Å². The molecule has 0 aliphatic carbocycles. The van der Waals surface area contributed by atoms with Gasteiger partial charge in [0, 0.05) is 23.7 Å². The predicted molar refractivity (Wildman–Crippen MR) is 74.2 cm³/mol. The number of furan rings is 1. The summed E-state index contributed by atoms with van der Waals surface area (Å²) in [5.41, 5.74) is 2.84. The highest BCUT2D eigenvalue weighted by Gasteiger charge is 2.09. The summed E-state index contributed by atoms with van der Waals surface area (Å²) in [6, 6.07) is 7.71. The Morgan fingerprint density at radius 1 is 1.25 bits per heavy atom. The molecule has 0 saturated heterocycles. The minimum atomic E-state index is -0.247. The van der Waals surface area contributed by atoms with Gasteiger partial charge in [0.05, 0.1) is 18.2 Å². The van der Waals surface area contributed by atoms with Gasteiger partial charge < -0.3 is 9.73 Å². The van der Waals surface area contributed by atoms with E-state index in [1.807, 2.05) is 31.2 Å². The van der Waals surface area contributed by atoms with Crippen LogP contribution in [0.15, 0.2) is 47.3 Å². The molecule has 5 heteroatoms. The molecule has 3 rings (SSSR count). The van der Waals surface area contributed by atoms with Crippen LogP contribution >= 0.6 is 0 Å². The molecule has 2 heterocycles. The lowest BCUT2D eigenvalue weighted by atomic mass is 10.2. The molecular weight excluding hydrogens is 254 g/mol. The van der Waals surface area contributed by atoms with Crippen LogP contribution in [0.3, 0.4) is 0 Å². The molecule has 5 nitrogen and oxygen atoms in total. The smallest absolute Gasteiger partial charge is 0.271 e. The molecule has 1 amide bonds. The second-order valence-electron chi connectivity index (χ2n) is 4.48. The molecule has 0 aliphatic rings. The fourth-order valence-electron chi connectivity index (χ4n) is 1.95. The monoisotopic (exact) mass is 267 g/mol.